The number of benzene rings is 3. The molecule has 3 aromatic rings. The highest BCUT2D eigenvalue weighted by Crippen LogP contribution is 2.30. The van der Waals surface area contributed by atoms with Crippen LogP contribution in [0.5, 0.6) is 5.75 Å². The lowest BCUT2D eigenvalue weighted by Crippen LogP contribution is -1.98. The molecule has 3 rings (SSSR count). The van der Waals surface area contributed by atoms with Crippen molar-refractivity contribution in [2.24, 2.45) is 5.73 Å². The average Bonchev–Trinajstić information content (AvgIpc) is 2.53. The fourth-order valence-corrected chi connectivity index (χ4v) is 2.73. The van der Waals surface area contributed by atoms with Crippen LogP contribution in [0.1, 0.15) is 5.56 Å². The van der Waals surface area contributed by atoms with Gasteiger partial charge in [-0.2, -0.15) is 0 Å². The topological polar surface area (TPSA) is 35.2 Å². The Bertz CT molecular complexity index is 798. The van der Waals surface area contributed by atoms with Gasteiger partial charge in [0.05, 0.1) is 7.11 Å². The monoisotopic (exact) mass is 297 g/mol. The second kappa shape index (κ2) is 5.76. The summed E-state index contributed by atoms with van der Waals surface area (Å²) in [6.07, 6.45) is 0. The van der Waals surface area contributed by atoms with Crippen molar-refractivity contribution in [1.82, 2.24) is 0 Å². The van der Waals surface area contributed by atoms with Gasteiger partial charge in [-0.3, -0.25) is 0 Å². The molecule has 0 spiro atoms. The van der Waals surface area contributed by atoms with Gasteiger partial charge in [0, 0.05) is 11.6 Å². The maximum Gasteiger partial charge on any atom is 0.119 e. The van der Waals surface area contributed by atoms with Crippen molar-refractivity contribution in [3.63, 3.8) is 0 Å². The van der Waals surface area contributed by atoms with Gasteiger partial charge in [0.25, 0.3) is 0 Å². The molecule has 0 aliphatic carbocycles. The number of halogens is 1. The van der Waals surface area contributed by atoms with Gasteiger partial charge < -0.3 is 10.5 Å². The zero-order valence-corrected chi connectivity index (χ0v) is 12.5. The number of fused-ring (bicyclic) bond motifs is 1. The Kier molecular flexibility index (Phi) is 3.82. The van der Waals surface area contributed by atoms with Crippen LogP contribution in [0.3, 0.4) is 0 Å². The molecule has 2 nitrogen and oxygen atoms in total. The van der Waals surface area contributed by atoms with Crippen molar-refractivity contribution in [3.8, 4) is 16.9 Å². The van der Waals surface area contributed by atoms with Crippen LogP contribution in [0.4, 0.5) is 0 Å². The Morgan fingerprint density at radius 2 is 1.71 bits per heavy atom. The molecule has 0 atom stereocenters. The summed E-state index contributed by atoms with van der Waals surface area (Å²) in [6, 6.07) is 18.3. The highest BCUT2D eigenvalue weighted by molar-refractivity contribution is 6.30. The van der Waals surface area contributed by atoms with Crippen LogP contribution in [0.2, 0.25) is 5.02 Å². The van der Waals surface area contributed by atoms with Crippen molar-refractivity contribution in [1.29, 1.82) is 0 Å². The standard InChI is InChI=1S/C18H16ClNO/c1-21-17-6-4-12-8-14(3-2-13(12)10-17)18-7-5-16(19)9-15(18)11-20/h2-10H,11,20H2,1H3. The third-order valence-corrected chi connectivity index (χ3v) is 3.88. The van der Waals surface area contributed by atoms with Crippen molar-refractivity contribution in [2.75, 3.05) is 7.11 Å². The zero-order valence-electron chi connectivity index (χ0n) is 11.8. The minimum atomic E-state index is 0.469. The van der Waals surface area contributed by atoms with E-state index in [9.17, 15) is 0 Å². The second-order valence-electron chi connectivity index (χ2n) is 4.93. The quantitative estimate of drug-likeness (QED) is 0.765. The number of nitrogens with two attached hydrogens (primary N) is 1. The number of hydrogen-bond acceptors (Lipinski definition) is 2. The SMILES string of the molecule is COc1ccc2cc(-c3ccc(Cl)cc3CN)ccc2c1. The highest BCUT2D eigenvalue weighted by Gasteiger charge is 2.06. The van der Waals surface area contributed by atoms with E-state index in [1.54, 1.807) is 7.11 Å². The van der Waals surface area contributed by atoms with E-state index in [0.29, 0.717) is 11.6 Å². The van der Waals surface area contributed by atoms with Gasteiger partial charge >= 0.3 is 0 Å². The lowest BCUT2D eigenvalue weighted by molar-refractivity contribution is 0.415. The molecule has 0 radical (unpaired) electrons. The van der Waals surface area contributed by atoms with Gasteiger partial charge in [0.2, 0.25) is 0 Å². The highest BCUT2D eigenvalue weighted by atomic mass is 35.5. The van der Waals surface area contributed by atoms with E-state index in [1.165, 1.54) is 5.39 Å². The summed E-state index contributed by atoms with van der Waals surface area (Å²) in [5.41, 5.74) is 9.15. The molecule has 0 saturated heterocycles. The molecule has 0 aliphatic rings. The molecule has 0 heterocycles. The first kappa shape index (κ1) is 13.9. The maximum absolute atomic E-state index is 6.04. The molecule has 0 aliphatic heterocycles. The van der Waals surface area contributed by atoms with Gasteiger partial charge in [0.1, 0.15) is 5.75 Å². The fourth-order valence-electron chi connectivity index (χ4n) is 2.53. The molecule has 0 bridgehead atoms. The number of ether oxygens (including phenoxy) is 1. The van der Waals surface area contributed by atoms with Crippen molar-refractivity contribution in [3.05, 3.63) is 65.2 Å². The molecule has 3 heteroatoms. The normalized spacial score (nSPS) is 10.8. The van der Waals surface area contributed by atoms with Crippen LogP contribution >= 0.6 is 11.6 Å². The van der Waals surface area contributed by atoms with Crippen LogP contribution in [0, 0.1) is 0 Å². The molecule has 21 heavy (non-hydrogen) atoms. The zero-order chi connectivity index (χ0) is 14.8. The molecular formula is C18H16ClNO. The first-order valence-corrected chi connectivity index (χ1v) is 7.16. The summed E-state index contributed by atoms with van der Waals surface area (Å²) in [4.78, 5) is 0. The molecule has 106 valence electrons. The Labute approximate surface area is 129 Å². The van der Waals surface area contributed by atoms with E-state index < -0.39 is 0 Å². The van der Waals surface area contributed by atoms with Gasteiger partial charge in [-0.25, -0.2) is 0 Å². The van der Waals surface area contributed by atoms with E-state index in [4.69, 9.17) is 22.1 Å². The van der Waals surface area contributed by atoms with E-state index >= 15 is 0 Å². The molecule has 0 fully saturated rings. The predicted molar refractivity (Wildman–Crippen MR) is 88.8 cm³/mol. The van der Waals surface area contributed by atoms with Crippen LogP contribution in [0.25, 0.3) is 21.9 Å². The van der Waals surface area contributed by atoms with Gasteiger partial charge in [-0.1, -0.05) is 35.9 Å². The van der Waals surface area contributed by atoms with Crippen LogP contribution in [-0.4, -0.2) is 7.11 Å². The summed E-state index contributed by atoms with van der Waals surface area (Å²) in [7, 11) is 1.68. The molecule has 0 aromatic heterocycles. The largest absolute Gasteiger partial charge is 0.497 e. The van der Waals surface area contributed by atoms with Crippen molar-refractivity contribution in [2.45, 2.75) is 6.54 Å². The maximum atomic E-state index is 6.04. The predicted octanol–water partition coefficient (Wildman–Crippen LogP) is 4.63. The minimum Gasteiger partial charge on any atom is -0.497 e. The van der Waals surface area contributed by atoms with Crippen LogP contribution < -0.4 is 10.5 Å². The minimum absolute atomic E-state index is 0.469. The molecule has 2 N–H and O–H groups in total. The summed E-state index contributed by atoms with van der Waals surface area (Å²) < 4.78 is 5.26. The lowest BCUT2D eigenvalue weighted by Gasteiger charge is -2.10. The average molecular weight is 298 g/mol. The van der Waals surface area contributed by atoms with E-state index in [2.05, 4.69) is 24.3 Å². The van der Waals surface area contributed by atoms with Gasteiger partial charge in [-0.05, 0) is 57.8 Å². The first-order chi connectivity index (χ1) is 10.2. The van der Waals surface area contributed by atoms with E-state index in [0.717, 1.165) is 27.8 Å². The van der Waals surface area contributed by atoms with Gasteiger partial charge in [-0.15, -0.1) is 0 Å². The fraction of sp³-hybridized carbons (Fsp3) is 0.111. The van der Waals surface area contributed by atoms with Crippen LogP contribution in [-0.2, 0) is 6.54 Å². The number of hydrogen-bond donors (Lipinski definition) is 1. The number of methoxy groups -OCH3 is 1. The van der Waals surface area contributed by atoms with Crippen LogP contribution in [0.15, 0.2) is 54.6 Å². The number of rotatable bonds is 3. The Balaban J connectivity index is 2.13. The third-order valence-electron chi connectivity index (χ3n) is 3.65. The Morgan fingerprint density at radius 3 is 2.48 bits per heavy atom. The smallest absolute Gasteiger partial charge is 0.119 e. The van der Waals surface area contributed by atoms with Crippen molar-refractivity contribution < 1.29 is 4.74 Å². The molecule has 3 aromatic carbocycles. The first-order valence-electron chi connectivity index (χ1n) is 6.78. The molecule has 0 unspecified atom stereocenters. The second-order valence-corrected chi connectivity index (χ2v) is 5.37. The summed E-state index contributed by atoms with van der Waals surface area (Å²) >= 11 is 6.04. The van der Waals surface area contributed by atoms with Gasteiger partial charge in [0.15, 0.2) is 0 Å². The Morgan fingerprint density at radius 1 is 0.952 bits per heavy atom. The molecule has 0 amide bonds. The van der Waals surface area contributed by atoms with Crippen molar-refractivity contribution >= 4 is 22.4 Å². The molecular weight excluding hydrogens is 282 g/mol. The van der Waals surface area contributed by atoms with E-state index in [-0.39, 0.29) is 0 Å². The Hall–Kier alpha value is -2.03. The molecule has 0 saturated carbocycles. The third kappa shape index (κ3) is 2.73. The summed E-state index contributed by atoms with van der Waals surface area (Å²) in [5, 5.41) is 3.04. The lowest BCUT2D eigenvalue weighted by atomic mass is 9.97. The summed E-state index contributed by atoms with van der Waals surface area (Å²) in [6.45, 7) is 0.469. The summed E-state index contributed by atoms with van der Waals surface area (Å²) in [5.74, 6) is 0.865. The van der Waals surface area contributed by atoms with E-state index in [1.807, 2.05) is 30.3 Å².